The molecule has 0 bridgehead atoms. The maximum Gasteiger partial charge on any atom is 0.319 e. The molecule has 2 aromatic carbocycles. The van der Waals surface area contributed by atoms with Gasteiger partial charge < -0.3 is 10.6 Å². The number of amides is 2. The second-order valence-corrected chi connectivity index (χ2v) is 9.24. The molecule has 2 aromatic rings. The van der Waals surface area contributed by atoms with Gasteiger partial charge in [0.05, 0.1) is 5.54 Å². The SMILES string of the molecule is O=C(Nc1cccc(Br)c1)NC1(CN2CCCC2Cc2ccc(F)cc2)CCC1. The molecule has 1 unspecified atom stereocenters. The third-order valence-corrected chi connectivity index (χ3v) is 6.65. The third kappa shape index (κ3) is 5.17. The van der Waals surface area contributed by atoms with E-state index in [2.05, 4.69) is 31.5 Å². The van der Waals surface area contributed by atoms with Crippen molar-refractivity contribution in [3.63, 3.8) is 0 Å². The molecule has 1 saturated carbocycles. The zero-order valence-electron chi connectivity index (χ0n) is 16.5. The van der Waals surface area contributed by atoms with Crippen LogP contribution in [0.4, 0.5) is 14.9 Å². The topological polar surface area (TPSA) is 44.4 Å². The minimum atomic E-state index is -0.189. The Bertz CT molecular complexity index is 853. The molecule has 1 atom stereocenters. The number of urea groups is 1. The van der Waals surface area contributed by atoms with Crippen molar-refractivity contribution in [2.45, 2.75) is 50.1 Å². The molecule has 1 heterocycles. The van der Waals surface area contributed by atoms with Crippen molar-refractivity contribution in [3.8, 4) is 0 Å². The minimum Gasteiger partial charge on any atom is -0.331 e. The van der Waals surface area contributed by atoms with E-state index in [4.69, 9.17) is 0 Å². The van der Waals surface area contributed by atoms with Crippen molar-refractivity contribution in [3.05, 3.63) is 64.4 Å². The van der Waals surface area contributed by atoms with Crippen molar-refractivity contribution >= 4 is 27.6 Å². The average molecular weight is 460 g/mol. The summed E-state index contributed by atoms with van der Waals surface area (Å²) in [7, 11) is 0. The Morgan fingerprint density at radius 2 is 1.97 bits per heavy atom. The van der Waals surface area contributed by atoms with Crippen molar-refractivity contribution < 1.29 is 9.18 Å². The van der Waals surface area contributed by atoms with Crippen LogP contribution in [0.3, 0.4) is 0 Å². The lowest BCUT2D eigenvalue weighted by Crippen LogP contribution is -2.61. The number of anilines is 1. The summed E-state index contributed by atoms with van der Waals surface area (Å²) in [5.41, 5.74) is 1.80. The van der Waals surface area contributed by atoms with Gasteiger partial charge in [0.25, 0.3) is 0 Å². The number of carbonyl (C=O) groups is 1. The number of nitrogens with one attached hydrogen (secondary N) is 2. The van der Waals surface area contributed by atoms with Crippen molar-refractivity contribution in [1.82, 2.24) is 10.2 Å². The zero-order chi connectivity index (χ0) is 20.3. The van der Waals surface area contributed by atoms with Crippen LogP contribution in [0.25, 0.3) is 0 Å². The highest BCUT2D eigenvalue weighted by molar-refractivity contribution is 9.10. The smallest absolute Gasteiger partial charge is 0.319 e. The Morgan fingerprint density at radius 3 is 2.66 bits per heavy atom. The van der Waals surface area contributed by atoms with E-state index in [0.717, 1.165) is 55.4 Å². The molecule has 0 spiro atoms. The van der Waals surface area contributed by atoms with Crippen LogP contribution in [0.1, 0.15) is 37.7 Å². The molecular formula is C23H27BrFN3O. The van der Waals surface area contributed by atoms with E-state index < -0.39 is 0 Å². The van der Waals surface area contributed by atoms with Crippen molar-refractivity contribution in [2.24, 2.45) is 0 Å². The van der Waals surface area contributed by atoms with E-state index in [0.29, 0.717) is 6.04 Å². The monoisotopic (exact) mass is 459 g/mol. The molecule has 154 valence electrons. The van der Waals surface area contributed by atoms with Crippen LogP contribution in [0.2, 0.25) is 0 Å². The van der Waals surface area contributed by atoms with Gasteiger partial charge in [0.1, 0.15) is 5.82 Å². The average Bonchev–Trinajstić information content (AvgIpc) is 3.08. The molecule has 1 saturated heterocycles. The summed E-state index contributed by atoms with van der Waals surface area (Å²) in [5.74, 6) is -0.189. The fourth-order valence-electron chi connectivity index (χ4n) is 4.51. The number of halogens is 2. The fourth-order valence-corrected chi connectivity index (χ4v) is 4.91. The second-order valence-electron chi connectivity index (χ2n) is 8.32. The van der Waals surface area contributed by atoms with Crippen LogP contribution in [0.15, 0.2) is 53.0 Å². The van der Waals surface area contributed by atoms with E-state index in [1.165, 1.54) is 24.1 Å². The lowest BCUT2D eigenvalue weighted by atomic mass is 9.76. The van der Waals surface area contributed by atoms with Gasteiger partial charge in [0.2, 0.25) is 0 Å². The molecule has 2 aliphatic rings. The predicted molar refractivity (Wildman–Crippen MR) is 118 cm³/mol. The van der Waals surface area contributed by atoms with Gasteiger partial charge in [-0.05, 0) is 81.0 Å². The molecule has 0 radical (unpaired) electrons. The summed E-state index contributed by atoms with van der Waals surface area (Å²) in [6, 6.07) is 14.8. The molecule has 29 heavy (non-hydrogen) atoms. The Balaban J connectivity index is 1.36. The Labute approximate surface area is 180 Å². The van der Waals surface area contributed by atoms with Gasteiger partial charge in [-0.25, -0.2) is 9.18 Å². The standard InChI is InChI=1S/C23H27BrFN3O/c24-18-4-1-5-20(15-18)26-22(29)27-23(11-3-12-23)16-28-13-2-6-21(28)14-17-7-9-19(25)10-8-17/h1,4-5,7-10,15,21H,2-3,6,11-14,16H2,(H2,26,27,29). The largest absolute Gasteiger partial charge is 0.331 e. The van der Waals surface area contributed by atoms with Crippen molar-refractivity contribution in [2.75, 3.05) is 18.4 Å². The lowest BCUT2D eigenvalue weighted by Gasteiger charge is -2.46. The number of benzene rings is 2. The predicted octanol–water partition coefficient (Wildman–Crippen LogP) is 5.34. The molecular weight excluding hydrogens is 433 g/mol. The minimum absolute atomic E-state index is 0.142. The first kappa shape index (κ1) is 20.4. The molecule has 6 heteroatoms. The Hall–Kier alpha value is -1.92. The van der Waals surface area contributed by atoms with Gasteiger partial charge in [-0.2, -0.15) is 0 Å². The molecule has 0 aromatic heterocycles. The summed E-state index contributed by atoms with van der Waals surface area (Å²) < 4.78 is 14.1. The molecule has 2 fully saturated rings. The van der Waals surface area contributed by atoms with E-state index >= 15 is 0 Å². The first-order chi connectivity index (χ1) is 14.0. The summed E-state index contributed by atoms with van der Waals surface area (Å²) in [6.45, 7) is 1.94. The lowest BCUT2D eigenvalue weighted by molar-refractivity contribution is 0.109. The molecule has 1 aliphatic carbocycles. The molecule has 4 nitrogen and oxygen atoms in total. The Morgan fingerprint density at radius 1 is 1.17 bits per heavy atom. The summed E-state index contributed by atoms with van der Waals surface area (Å²) >= 11 is 3.44. The van der Waals surface area contributed by atoms with Crippen LogP contribution >= 0.6 is 15.9 Å². The highest BCUT2D eigenvalue weighted by Gasteiger charge is 2.42. The van der Waals surface area contributed by atoms with Gasteiger partial charge in [-0.1, -0.05) is 34.1 Å². The highest BCUT2D eigenvalue weighted by Crippen LogP contribution is 2.35. The highest BCUT2D eigenvalue weighted by atomic mass is 79.9. The van der Waals surface area contributed by atoms with Crippen molar-refractivity contribution in [1.29, 1.82) is 0 Å². The second kappa shape index (κ2) is 8.84. The van der Waals surface area contributed by atoms with E-state index in [1.54, 1.807) is 0 Å². The number of hydrogen-bond acceptors (Lipinski definition) is 2. The maximum atomic E-state index is 13.2. The first-order valence-electron chi connectivity index (χ1n) is 10.3. The fraction of sp³-hybridized carbons (Fsp3) is 0.435. The third-order valence-electron chi connectivity index (χ3n) is 6.16. The van der Waals surface area contributed by atoms with Gasteiger partial charge >= 0.3 is 6.03 Å². The van der Waals surface area contributed by atoms with E-state index in [1.807, 2.05) is 36.4 Å². The molecule has 2 N–H and O–H groups in total. The van der Waals surface area contributed by atoms with Crippen LogP contribution < -0.4 is 10.6 Å². The van der Waals surface area contributed by atoms with Gasteiger partial charge in [0, 0.05) is 22.7 Å². The number of nitrogens with zero attached hydrogens (tertiary/aromatic N) is 1. The molecule has 2 amide bonds. The summed E-state index contributed by atoms with van der Waals surface area (Å²) in [5, 5.41) is 6.21. The van der Waals surface area contributed by atoms with Crippen LogP contribution in [-0.2, 0) is 6.42 Å². The van der Waals surface area contributed by atoms with Gasteiger partial charge in [-0.15, -0.1) is 0 Å². The summed E-state index contributed by atoms with van der Waals surface area (Å²) in [4.78, 5) is 15.1. The first-order valence-corrected chi connectivity index (χ1v) is 11.1. The number of hydrogen-bond donors (Lipinski definition) is 2. The van der Waals surface area contributed by atoms with E-state index in [-0.39, 0.29) is 17.4 Å². The van der Waals surface area contributed by atoms with Crippen LogP contribution in [0, 0.1) is 5.82 Å². The normalized spacial score (nSPS) is 20.8. The Kier molecular flexibility index (Phi) is 6.20. The number of carbonyl (C=O) groups excluding carboxylic acids is 1. The number of likely N-dealkylation sites (tertiary alicyclic amines) is 1. The molecule has 1 aliphatic heterocycles. The van der Waals surface area contributed by atoms with E-state index in [9.17, 15) is 9.18 Å². The summed E-state index contributed by atoms with van der Waals surface area (Å²) in [6.07, 6.45) is 6.43. The van der Waals surface area contributed by atoms with Gasteiger partial charge in [-0.3, -0.25) is 4.90 Å². The molecule has 4 rings (SSSR count). The maximum absolute atomic E-state index is 13.2. The van der Waals surface area contributed by atoms with Gasteiger partial charge in [0.15, 0.2) is 0 Å². The van der Waals surface area contributed by atoms with Crippen LogP contribution in [0.5, 0.6) is 0 Å². The zero-order valence-corrected chi connectivity index (χ0v) is 18.1. The number of rotatable bonds is 6. The quantitative estimate of drug-likeness (QED) is 0.612. The van der Waals surface area contributed by atoms with Crippen LogP contribution in [-0.4, -0.2) is 35.6 Å².